The third-order valence-electron chi connectivity index (χ3n) is 4.37. The molecule has 1 amide bonds. The van der Waals surface area contributed by atoms with Gasteiger partial charge in [-0.25, -0.2) is 4.98 Å². The zero-order chi connectivity index (χ0) is 19.3. The van der Waals surface area contributed by atoms with Crippen LogP contribution in [-0.4, -0.2) is 47.0 Å². The maximum Gasteiger partial charge on any atom is 0.276 e. The maximum atomic E-state index is 12.6. The van der Waals surface area contributed by atoms with E-state index in [0.717, 1.165) is 18.9 Å². The molecule has 8 nitrogen and oxygen atoms in total. The molecular formula is C20H19N5O3. The van der Waals surface area contributed by atoms with E-state index < -0.39 is 5.91 Å². The van der Waals surface area contributed by atoms with Crippen molar-refractivity contribution in [1.29, 1.82) is 0 Å². The number of hydrogen-bond acceptors (Lipinski definition) is 6. The Morgan fingerprint density at radius 3 is 2.50 bits per heavy atom. The Labute approximate surface area is 161 Å². The van der Waals surface area contributed by atoms with Crippen LogP contribution in [0.4, 0.5) is 11.5 Å². The van der Waals surface area contributed by atoms with Gasteiger partial charge >= 0.3 is 0 Å². The molecule has 1 aliphatic heterocycles. The largest absolute Gasteiger partial charge is 0.378 e. The highest BCUT2D eigenvalue weighted by molar-refractivity contribution is 6.02. The van der Waals surface area contributed by atoms with Gasteiger partial charge in [-0.05, 0) is 30.3 Å². The number of benzene rings is 1. The molecule has 3 aromatic rings. The second-order valence-corrected chi connectivity index (χ2v) is 6.26. The summed E-state index contributed by atoms with van der Waals surface area (Å²) in [6.07, 6.45) is 1.61. The number of morpholine rings is 1. The van der Waals surface area contributed by atoms with Crippen LogP contribution in [0.5, 0.6) is 0 Å². The first-order valence-electron chi connectivity index (χ1n) is 8.97. The number of pyridine rings is 1. The standard InChI is InChI=1S/C20H19N5O3/c26-19-9-7-17(23-25(19)16-4-2-1-3-5-16)20(27)22-15-6-8-18(21-14-15)24-10-12-28-13-11-24/h1-9,14H,10-13H2,(H,22,27). The monoisotopic (exact) mass is 377 g/mol. The van der Waals surface area contributed by atoms with Gasteiger partial charge in [0, 0.05) is 19.2 Å². The average Bonchev–Trinajstić information content (AvgIpc) is 2.76. The minimum atomic E-state index is -0.411. The summed E-state index contributed by atoms with van der Waals surface area (Å²) < 4.78 is 6.54. The lowest BCUT2D eigenvalue weighted by atomic mass is 10.3. The first kappa shape index (κ1) is 17.9. The molecule has 1 fully saturated rings. The highest BCUT2D eigenvalue weighted by atomic mass is 16.5. The van der Waals surface area contributed by atoms with Crippen LogP contribution >= 0.6 is 0 Å². The van der Waals surface area contributed by atoms with Gasteiger partial charge in [-0.1, -0.05) is 18.2 Å². The van der Waals surface area contributed by atoms with Gasteiger partial charge in [0.25, 0.3) is 11.5 Å². The van der Waals surface area contributed by atoms with E-state index in [0.29, 0.717) is 24.6 Å². The number of nitrogens with zero attached hydrogens (tertiary/aromatic N) is 4. The van der Waals surface area contributed by atoms with E-state index in [1.54, 1.807) is 36.5 Å². The molecule has 3 heterocycles. The zero-order valence-corrected chi connectivity index (χ0v) is 15.1. The molecule has 0 saturated carbocycles. The summed E-state index contributed by atoms with van der Waals surface area (Å²) in [6, 6.07) is 15.4. The van der Waals surface area contributed by atoms with Crippen LogP contribution < -0.4 is 15.8 Å². The molecule has 8 heteroatoms. The lowest BCUT2D eigenvalue weighted by Gasteiger charge is -2.27. The first-order valence-corrected chi connectivity index (χ1v) is 8.97. The molecular weight excluding hydrogens is 358 g/mol. The van der Waals surface area contributed by atoms with Crippen molar-refractivity contribution in [2.45, 2.75) is 0 Å². The number of para-hydroxylation sites is 1. The van der Waals surface area contributed by atoms with Crippen LogP contribution in [0.25, 0.3) is 5.69 Å². The van der Waals surface area contributed by atoms with Crippen molar-refractivity contribution in [2.24, 2.45) is 0 Å². The highest BCUT2D eigenvalue weighted by Crippen LogP contribution is 2.16. The van der Waals surface area contributed by atoms with Crippen molar-refractivity contribution in [2.75, 3.05) is 36.5 Å². The molecule has 2 aromatic heterocycles. The molecule has 0 aliphatic carbocycles. The Morgan fingerprint density at radius 2 is 1.79 bits per heavy atom. The number of amides is 1. The molecule has 0 spiro atoms. The number of carbonyl (C=O) groups is 1. The second-order valence-electron chi connectivity index (χ2n) is 6.26. The Morgan fingerprint density at radius 1 is 1.00 bits per heavy atom. The number of rotatable bonds is 4. The summed E-state index contributed by atoms with van der Waals surface area (Å²) >= 11 is 0. The summed E-state index contributed by atoms with van der Waals surface area (Å²) in [5.41, 5.74) is 0.986. The molecule has 1 N–H and O–H groups in total. The zero-order valence-electron chi connectivity index (χ0n) is 15.1. The minimum absolute atomic E-state index is 0.140. The quantitative estimate of drug-likeness (QED) is 0.745. The topological polar surface area (TPSA) is 89.4 Å². The van der Waals surface area contributed by atoms with Gasteiger partial charge in [0.1, 0.15) is 11.5 Å². The SMILES string of the molecule is O=C(Nc1ccc(N2CCOCC2)nc1)c1ccc(=O)n(-c2ccccc2)n1. The lowest BCUT2D eigenvalue weighted by Crippen LogP contribution is -2.36. The van der Waals surface area contributed by atoms with E-state index in [1.165, 1.54) is 16.8 Å². The van der Waals surface area contributed by atoms with E-state index in [9.17, 15) is 9.59 Å². The highest BCUT2D eigenvalue weighted by Gasteiger charge is 2.14. The fourth-order valence-electron chi connectivity index (χ4n) is 2.92. The summed E-state index contributed by atoms with van der Waals surface area (Å²) in [7, 11) is 0. The number of hydrogen-bond donors (Lipinski definition) is 1. The van der Waals surface area contributed by atoms with Gasteiger partial charge in [-0.3, -0.25) is 9.59 Å². The van der Waals surface area contributed by atoms with Gasteiger partial charge in [0.15, 0.2) is 0 Å². The van der Waals surface area contributed by atoms with Crippen molar-refractivity contribution in [1.82, 2.24) is 14.8 Å². The molecule has 1 aromatic carbocycles. The van der Waals surface area contributed by atoms with E-state index in [-0.39, 0.29) is 11.3 Å². The average molecular weight is 377 g/mol. The molecule has 0 unspecified atom stereocenters. The van der Waals surface area contributed by atoms with E-state index in [4.69, 9.17) is 4.74 Å². The lowest BCUT2D eigenvalue weighted by molar-refractivity contribution is 0.102. The summed E-state index contributed by atoms with van der Waals surface area (Å²) in [4.78, 5) is 31.2. The molecule has 1 saturated heterocycles. The second kappa shape index (κ2) is 8.01. The maximum absolute atomic E-state index is 12.6. The van der Waals surface area contributed by atoms with Crippen molar-refractivity contribution in [3.05, 3.63) is 76.8 Å². The number of aromatic nitrogens is 3. The third-order valence-corrected chi connectivity index (χ3v) is 4.37. The van der Waals surface area contributed by atoms with E-state index >= 15 is 0 Å². The molecule has 142 valence electrons. The molecule has 4 rings (SSSR count). The number of anilines is 2. The normalized spacial score (nSPS) is 13.9. The number of ether oxygens (including phenoxy) is 1. The summed E-state index contributed by atoms with van der Waals surface area (Å²) in [5, 5.41) is 6.94. The van der Waals surface area contributed by atoms with E-state index in [2.05, 4.69) is 20.3 Å². The number of nitrogens with one attached hydrogen (secondary N) is 1. The van der Waals surface area contributed by atoms with Gasteiger partial charge in [-0.15, -0.1) is 0 Å². The summed E-state index contributed by atoms with van der Waals surface area (Å²) in [5.74, 6) is 0.433. The first-order chi connectivity index (χ1) is 13.7. The molecule has 0 radical (unpaired) electrons. The van der Waals surface area contributed by atoms with Crippen molar-refractivity contribution < 1.29 is 9.53 Å². The van der Waals surface area contributed by atoms with Crippen LogP contribution in [0.1, 0.15) is 10.5 Å². The van der Waals surface area contributed by atoms with Crippen LogP contribution in [0, 0.1) is 0 Å². The molecule has 28 heavy (non-hydrogen) atoms. The van der Waals surface area contributed by atoms with Gasteiger partial charge in [0.05, 0.1) is 30.8 Å². The third kappa shape index (κ3) is 3.91. The van der Waals surface area contributed by atoms with Gasteiger partial charge in [-0.2, -0.15) is 9.78 Å². The Bertz CT molecular complexity index is 1010. The van der Waals surface area contributed by atoms with Crippen LogP contribution in [0.15, 0.2) is 65.6 Å². The molecule has 0 bridgehead atoms. The van der Waals surface area contributed by atoms with Crippen molar-refractivity contribution in [3.63, 3.8) is 0 Å². The molecule has 0 atom stereocenters. The summed E-state index contributed by atoms with van der Waals surface area (Å²) in [6.45, 7) is 2.96. The fourth-order valence-corrected chi connectivity index (χ4v) is 2.92. The Kier molecular flexibility index (Phi) is 5.11. The van der Waals surface area contributed by atoms with Crippen molar-refractivity contribution >= 4 is 17.4 Å². The Hall–Kier alpha value is -3.52. The van der Waals surface area contributed by atoms with E-state index in [1.807, 2.05) is 12.1 Å². The minimum Gasteiger partial charge on any atom is -0.378 e. The number of carbonyl (C=O) groups excluding carboxylic acids is 1. The fraction of sp³-hybridized carbons (Fsp3) is 0.200. The van der Waals surface area contributed by atoms with Crippen LogP contribution in [0.3, 0.4) is 0 Å². The molecule has 1 aliphatic rings. The van der Waals surface area contributed by atoms with Gasteiger partial charge in [0.2, 0.25) is 0 Å². The smallest absolute Gasteiger partial charge is 0.276 e. The van der Waals surface area contributed by atoms with Crippen LogP contribution in [-0.2, 0) is 4.74 Å². The predicted octanol–water partition coefficient (Wildman–Crippen LogP) is 1.72. The predicted molar refractivity (Wildman–Crippen MR) is 105 cm³/mol. The Balaban J connectivity index is 1.50. The van der Waals surface area contributed by atoms with Crippen molar-refractivity contribution in [3.8, 4) is 5.69 Å². The van der Waals surface area contributed by atoms with Crippen LogP contribution in [0.2, 0.25) is 0 Å². The van der Waals surface area contributed by atoms with Gasteiger partial charge < -0.3 is 15.0 Å².